The van der Waals surface area contributed by atoms with Crippen molar-refractivity contribution in [3.63, 3.8) is 0 Å². The molecule has 0 aliphatic carbocycles. The maximum atomic E-state index is 13.1. The van der Waals surface area contributed by atoms with E-state index < -0.39 is 0 Å². The number of nitrogens with zero attached hydrogens (tertiary/aromatic N) is 1. The Hall–Kier alpha value is -3.55. The van der Waals surface area contributed by atoms with E-state index in [0.29, 0.717) is 18.8 Å². The van der Waals surface area contributed by atoms with Gasteiger partial charge in [-0.05, 0) is 83.5 Å². The Bertz CT molecular complexity index is 1420. The molecule has 2 aromatic heterocycles. The topological polar surface area (TPSA) is 80.3 Å². The van der Waals surface area contributed by atoms with Crippen LogP contribution in [-0.4, -0.2) is 36.1 Å². The van der Waals surface area contributed by atoms with Crippen molar-refractivity contribution in [2.75, 3.05) is 13.2 Å². The zero-order chi connectivity index (χ0) is 25.8. The number of nitrogens with one attached hydrogen (secondary N) is 2. The Morgan fingerprint density at radius 1 is 1.08 bits per heavy atom. The van der Waals surface area contributed by atoms with Gasteiger partial charge in [-0.2, -0.15) is 0 Å². The first-order valence-electron chi connectivity index (χ1n) is 12.7. The summed E-state index contributed by atoms with van der Waals surface area (Å²) in [6.45, 7) is 5.46. The van der Waals surface area contributed by atoms with Crippen molar-refractivity contribution in [1.82, 2.24) is 15.6 Å². The molecular weight excluding hydrogens is 482 g/mol. The Balaban J connectivity index is 1.33. The van der Waals surface area contributed by atoms with E-state index in [9.17, 15) is 9.59 Å². The van der Waals surface area contributed by atoms with Crippen LogP contribution in [0.25, 0.3) is 21.9 Å². The smallest absolute Gasteiger partial charge is 0.261 e. The SMILES string of the molecule is CCC(NC(=O)c1ccc2cnccc2c1)c1cccc(-c2csc(C(=O)NC3CCOCC3)c2C)c1. The summed E-state index contributed by atoms with van der Waals surface area (Å²) in [5, 5.41) is 10.4. The molecule has 7 heteroatoms. The van der Waals surface area contributed by atoms with Gasteiger partial charge in [0.15, 0.2) is 0 Å². The fourth-order valence-electron chi connectivity index (χ4n) is 4.83. The third kappa shape index (κ3) is 5.58. The summed E-state index contributed by atoms with van der Waals surface area (Å²) in [4.78, 5) is 30.9. The first kappa shape index (κ1) is 25.1. The van der Waals surface area contributed by atoms with E-state index in [1.165, 1.54) is 11.3 Å². The molecular formula is C30H31N3O3S. The Morgan fingerprint density at radius 3 is 2.73 bits per heavy atom. The molecule has 0 bridgehead atoms. The molecule has 0 spiro atoms. The Labute approximate surface area is 221 Å². The van der Waals surface area contributed by atoms with E-state index in [1.807, 2.05) is 43.3 Å². The van der Waals surface area contributed by atoms with Gasteiger partial charge in [0.1, 0.15) is 0 Å². The molecule has 0 radical (unpaired) electrons. The minimum atomic E-state index is -0.129. The average molecular weight is 514 g/mol. The van der Waals surface area contributed by atoms with Crippen molar-refractivity contribution < 1.29 is 14.3 Å². The van der Waals surface area contributed by atoms with E-state index in [0.717, 1.165) is 57.2 Å². The zero-order valence-corrected chi connectivity index (χ0v) is 21.9. The molecule has 1 aliphatic heterocycles. The number of aromatic nitrogens is 1. The molecule has 190 valence electrons. The number of fused-ring (bicyclic) bond motifs is 1. The molecule has 2 amide bonds. The molecule has 1 saturated heterocycles. The van der Waals surface area contributed by atoms with Crippen molar-refractivity contribution in [2.45, 2.75) is 45.2 Å². The lowest BCUT2D eigenvalue weighted by Crippen LogP contribution is -2.38. The molecule has 1 atom stereocenters. The maximum absolute atomic E-state index is 13.1. The molecule has 0 saturated carbocycles. The van der Waals surface area contributed by atoms with Gasteiger partial charge in [-0.1, -0.05) is 31.2 Å². The lowest BCUT2D eigenvalue weighted by atomic mass is 9.97. The number of hydrogen-bond acceptors (Lipinski definition) is 5. The van der Waals surface area contributed by atoms with Crippen molar-refractivity contribution in [2.24, 2.45) is 0 Å². The van der Waals surface area contributed by atoms with Crippen LogP contribution < -0.4 is 10.6 Å². The Morgan fingerprint density at radius 2 is 1.92 bits per heavy atom. The van der Waals surface area contributed by atoms with Crippen molar-refractivity contribution >= 4 is 33.9 Å². The summed E-state index contributed by atoms with van der Waals surface area (Å²) in [6, 6.07) is 15.9. The molecule has 6 nitrogen and oxygen atoms in total. The normalized spacial score (nSPS) is 14.9. The summed E-state index contributed by atoms with van der Waals surface area (Å²) in [5.74, 6) is -0.114. The largest absolute Gasteiger partial charge is 0.381 e. The molecule has 2 N–H and O–H groups in total. The third-order valence-electron chi connectivity index (χ3n) is 7.02. The molecule has 5 rings (SSSR count). The van der Waals surface area contributed by atoms with Gasteiger partial charge in [0, 0.05) is 42.6 Å². The van der Waals surface area contributed by atoms with Crippen LogP contribution in [-0.2, 0) is 4.74 Å². The zero-order valence-electron chi connectivity index (χ0n) is 21.1. The number of pyridine rings is 1. The van der Waals surface area contributed by atoms with E-state index >= 15 is 0 Å². The lowest BCUT2D eigenvalue weighted by Gasteiger charge is -2.23. The second-order valence-electron chi connectivity index (χ2n) is 9.46. The fourth-order valence-corrected chi connectivity index (χ4v) is 5.83. The van der Waals surface area contributed by atoms with Gasteiger partial charge in [-0.15, -0.1) is 11.3 Å². The number of rotatable bonds is 7. The summed E-state index contributed by atoms with van der Waals surface area (Å²) < 4.78 is 5.40. The highest BCUT2D eigenvalue weighted by Gasteiger charge is 2.21. The van der Waals surface area contributed by atoms with Crippen molar-refractivity contribution in [3.05, 3.63) is 87.9 Å². The van der Waals surface area contributed by atoms with Gasteiger partial charge < -0.3 is 15.4 Å². The molecule has 1 fully saturated rings. The average Bonchev–Trinajstić information content (AvgIpc) is 3.33. The van der Waals surface area contributed by atoms with Gasteiger partial charge in [0.25, 0.3) is 11.8 Å². The predicted octanol–water partition coefficient (Wildman–Crippen LogP) is 6.06. The van der Waals surface area contributed by atoms with Gasteiger partial charge in [0.2, 0.25) is 0 Å². The summed E-state index contributed by atoms with van der Waals surface area (Å²) in [6.07, 6.45) is 5.99. The van der Waals surface area contributed by atoms with Crippen LogP contribution in [0.2, 0.25) is 0 Å². The van der Waals surface area contributed by atoms with Gasteiger partial charge in [-0.25, -0.2) is 0 Å². The monoisotopic (exact) mass is 513 g/mol. The van der Waals surface area contributed by atoms with Crippen molar-refractivity contribution in [1.29, 1.82) is 0 Å². The standard InChI is InChI=1S/C30H31N3O3S/c1-3-27(33-29(34)23-7-8-24-17-31-12-9-20(24)15-23)22-6-4-5-21(16-22)26-18-37-28(19(26)2)30(35)32-25-10-13-36-14-11-25/h4-9,12,15-18,25,27H,3,10-11,13-14H2,1-2H3,(H,32,35)(H,33,34). The number of thiophene rings is 1. The number of benzene rings is 2. The van der Waals surface area contributed by atoms with Crippen LogP contribution in [0.15, 0.2) is 66.3 Å². The predicted molar refractivity (Wildman–Crippen MR) is 148 cm³/mol. The Kier molecular flexibility index (Phi) is 7.63. The van der Waals surface area contributed by atoms with Crippen LogP contribution in [0.1, 0.15) is 63.4 Å². The number of carbonyl (C=O) groups excluding carboxylic acids is 2. The first-order valence-corrected chi connectivity index (χ1v) is 13.6. The van der Waals surface area contributed by atoms with Crippen LogP contribution in [0.4, 0.5) is 0 Å². The second kappa shape index (κ2) is 11.2. The summed E-state index contributed by atoms with van der Waals surface area (Å²) in [7, 11) is 0. The number of hydrogen-bond donors (Lipinski definition) is 2. The molecule has 37 heavy (non-hydrogen) atoms. The molecule has 2 aromatic carbocycles. The molecule has 3 heterocycles. The highest BCUT2D eigenvalue weighted by atomic mass is 32.1. The lowest BCUT2D eigenvalue weighted by molar-refractivity contribution is 0.0698. The number of ether oxygens (including phenoxy) is 1. The molecule has 4 aromatic rings. The summed E-state index contributed by atoms with van der Waals surface area (Å²) in [5.41, 5.74) is 4.74. The third-order valence-corrected chi connectivity index (χ3v) is 8.10. The van der Waals surface area contributed by atoms with Gasteiger partial charge in [-0.3, -0.25) is 14.6 Å². The van der Waals surface area contributed by atoms with E-state index in [1.54, 1.807) is 12.4 Å². The van der Waals surface area contributed by atoms with E-state index in [2.05, 4.69) is 40.1 Å². The molecule has 1 unspecified atom stereocenters. The minimum absolute atomic E-state index is 0.0123. The van der Waals surface area contributed by atoms with E-state index in [-0.39, 0.29) is 23.9 Å². The second-order valence-corrected chi connectivity index (χ2v) is 10.3. The van der Waals surface area contributed by atoms with Gasteiger partial charge >= 0.3 is 0 Å². The number of amides is 2. The first-order chi connectivity index (χ1) is 18.0. The van der Waals surface area contributed by atoms with Crippen LogP contribution >= 0.6 is 11.3 Å². The van der Waals surface area contributed by atoms with Crippen molar-refractivity contribution in [3.8, 4) is 11.1 Å². The number of carbonyl (C=O) groups is 2. The van der Waals surface area contributed by atoms with Gasteiger partial charge in [0.05, 0.1) is 10.9 Å². The van der Waals surface area contributed by atoms with Crippen LogP contribution in [0, 0.1) is 6.92 Å². The summed E-state index contributed by atoms with van der Waals surface area (Å²) >= 11 is 1.48. The van der Waals surface area contributed by atoms with Crippen LogP contribution in [0.3, 0.4) is 0 Å². The fraction of sp³-hybridized carbons (Fsp3) is 0.300. The van der Waals surface area contributed by atoms with Crippen LogP contribution in [0.5, 0.6) is 0 Å². The highest BCUT2D eigenvalue weighted by molar-refractivity contribution is 7.12. The maximum Gasteiger partial charge on any atom is 0.261 e. The highest BCUT2D eigenvalue weighted by Crippen LogP contribution is 2.33. The van der Waals surface area contributed by atoms with E-state index in [4.69, 9.17) is 4.74 Å². The molecule has 1 aliphatic rings. The quantitative estimate of drug-likeness (QED) is 0.315. The minimum Gasteiger partial charge on any atom is -0.381 e.